The fraction of sp³-hybridized carbons (Fsp3) is 0.308. The first-order chi connectivity index (χ1) is 7.77. The summed E-state index contributed by atoms with van der Waals surface area (Å²) in [6.45, 7) is 3.61. The van der Waals surface area contributed by atoms with Gasteiger partial charge in [-0.3, -0.25) is 4.79 Å². The van der Waals surface area contributed by atoms with Crippen LogP contribution in [0.25, 0.3) is 10.9 Å². The van der Waals surface area contributed by atoms with Gasteiger partial charge in [0, 0.05) is 41.2 Å². The first kappa shape index (κ1) is 9.60. The maximum absolute atomic E-state index is 12.3. The highest BCUT2D eigenvalue weighted by Crippen LogP contribution is 2.25. The van der Waals surface area contributed by atoms with Crippen LogP contribution in [0.1, 0.15) is 16.1 Å². The molecule has 82 valence electrons. The van der Waals surface area contributed by atoms with E-state index in [9.17, 15) is 4.79 Å². The van der Waals surface area contributed by atoms with Gasteiger partial charge in [-0.1, -0.05) is 18.2 Å². The van der Waals surface area contributed by atoms with Gasteiger partial charge in [-0.2, -0.15) is 0 Å². The van der Waals surface area contributed by atoms with Crippen molar-refractivity contribution in [2.75, 3.05) is 13.1 Å². The third kappa shape index (κ3) is 1.28. The number of rotatable bonds is 2. The third-order valence-corrected chi connectivity index (χ3v) is 3.29. The molecule has 2 N–H and O–H groups in total. The number of para-hydroxylation sites is 1. The van der Waals surface area contributed by atoms with Gasteiger partial charge < -0.3 is 10.3 Å². The van der Waals surface area contributed by atoms with Crippen LogP contribution in [0.15, 0.2) is 24.3 Å². The van der Waals surface area contributed by atoms with Crippen LogP contribution in [-0.4, -0.2) is 23.9 Å². The first-order valence-electron chi connectivity index (χ1n) is 5.59. The van der Waals surface area contributed by atoms with Gasteiger partial charge in [0.1, 0.15) is 0 Å². The van der Waals surface area contributed by atoms with E-state index in [1.165, 1.54) is 0 Å². The van der Waals surface area contributed by atoms with Crippen molar-refractivity contribution in [2.45, 2.75) is 6.92 Å². The van der Waals surface area contributed by atoms with E-state index in [2.05, 4.69) is 10.3 Å². The molecular formula is C13H14N2O. The SMILES string of the molecule is Cc1[nH]c2ccccc2c1C(=O)C1CNC1. The molecule has 1 aromatic carbocycles. The number of hydrogen-bond donors (Lipinski definition) is 2. The molecule has 1 fully saturated rings. The van der Waals surface area contributed by atoms with Crippen molar-refractivity contribution in [1.82, 2.24) is 10.3 Å². The van der Waals surface area contributed by atoms with Crippen molar-refractivity contribution >= 4 is 16.7 Å². The highest BCUT2D eigenvalue weighted by atomic mass is 16.1. The summed E-state index contributed by atoms with van der Waals surface area (Å²) in [7, 11) is 0. The molecule has 2 aromatic rings. The highest BCUT2D eigenvalue weighted by molar-refractivity contribution is 6.10. The summed E-state index contributed by atoms with van der Waals surface area (Å²) in [5.74, 6) is 0.437. The lowest BCUT2D eigenvalue weighted by Gasteiger charge is -2.25. The van der Waals surface area contributed by atoms with E-state index in [1.807, 2.05) is 31.2 Å². The Morgan fingerprint density at radius 3 is 2.75 bits per heavy atom. The van der Waals surface area contributed by atoms with Crippen LogP contribution in [0.4, 0.5) is 0 Å². The number of hydrogen-bond acceptors (Lipinski definition) is 2. The Balaban J connectivity index is 2.14. The normalized spacial score (nSPS) is 16.3. The predicted octanol–water partition coefficient (Wildman–Crippen LogP) is 1.88. The van der Waals surface area contributed by atoms with Gasteiger partial charge in [0.15, 0.2) is 5.78 Å². The summed E-state index contributed by atoms with van der Waals surface area (Å²) >= 11 is 0. The average Bonchev–Trinajstić information content (AvgIpc) is 2.50. The summed E-state index contributed by atoms with van der Waals surface area (Å²) in [6, 6.07) is 7.99. The predicted molar refractivity (Wildman–Crippen MR) is 63.7 cm³/mol. The number of H-pyrrole nitrogens is 1. The molecule has 1 aliphatic rings. The molecule has 0 amide bonds. The van der Waals surface area contributed by atoms with Crippen LogP contribution in [0, 0.1) is 12.8 Å². The summed E-state index contributed by atoms with van der Waals surface area (Å²) in [4.78, 5) is 15.5. The largest absolute Gasteiger partial charge is 0.358 e. The standard InChI is InChI=1S/C13H14N2O/c1-8-12(13(16)9-6-14-7-9)10-4-2-3-5-11(10)15-8/h2-5,9,14-15H,6-7H2,1H3. The van der Waals surface area contributed by atoms with E-state index in [4.69, 9.17) is 0 Å². The Hall–Kier alpha value is -1.61. The number of aromatic amines is 1. The van der Waals surface area contributed by atoms with Gasteiger partial charge in [-0.25, -0.2) is 0 Å². The van der Waals surface area contributed by atoms with Crippen LogP contribution in [0.5, 0.6) is 0 Å². The van der Waals surface area contributed by atoms with Gasteiger partial charge in [-0.05, 0) is 13.0 Å². The number of carbonyl (C=O) groups excluding carboxylic acids is 1. The van der Waals surface area contributed by atoms with Crippen molar-refractivity contribution in [3.63, 3.8) is 0 Å². The number of benzene rings is 1. The van der Waals surface area contributed by atoms with Gasteiger partial charge in [0.2, 0.25) is 0 Å². The number of nitrogens with one attached hydrogen (secondary N) is 2. The molecule has 1 aliphatic heterocycles. The van der Waals surface area contributed by atoms with Crippen LogP contribution < -0.4 is 5.32 Å². The minimum Gasteiger partial charge on any atom is -0.358 e. The van der Waals surface area contributed by atoms with Crippen molar-refractivity contribution in [3.05, 3.63) is 35.5 Å². The van der Waals surface area contributed by atoms with Crippen molar-refractivity contribution in [1.29, 1.82) is 0 Å². The van der Waals surface area contributed by atoms with E-state index >= 15 is 0 Å². The van der Waals surface area contributed by atoms with E-state index in [0.29, 0.717) is 0 Å². The second kappa shape index (κ2) is 3.46. The van der Waals surface area contributed by atoms with E-state index < -0.39 is 0 Å². The second-order valence-electron chi connectivity index (χ2n) is 4.39. The van der Waals surface area contributed by atoms with E-state index in [0.717, 1.165) is 35.2 Å². The molecule has 16 heavy (non-hydrogen) atoms. The van der Waals surface area contributed by atoms with Crippen molar-refractivity contribution in [2.24, 2.45) is 5.92 Å². The molecule has 0 radical (unpaired) electrons. The Morgan fingerprint density at radius 1 is 1.31 bits per heavy atom. The average molecular weight is 214 g/mol. The van der Waals surface area contributed by atoms with Crippen LogP contribution in [0.3, 0.4) is 0 Å². The smallest absolute Gasteiger partial charge is 0.170 e. The number of ketones is 1. The molecule has 1 saturated heterocycles. The Morgan fingerprint density at radius 2 is 2.06 bits per heavy atom. The zero-order chi connectivity index (χ0) is 11.1. The van der Waals surface area contributed by atoms with Crippen molar-refractivity contribution in [3.8, 4) is 0 Å². The minimum atomic E-state index is 0.165. The number of fused-ring (bicyclic) bond motifs is 1. The fourth-order valence-corrected chi connectivity index (χ4v) is 2.27. The van der Waals surface area contributed by atoms with Crippen LogP contribution in [-0.2, 0) is 0 Å². The highest BCUT2D eigenvalue weighted by Gasteiger charge is 2.28. The lowest BCUT2D eigenvalue weighted by molar-refractivity contribution is 0.0879. The van der Waals surface area contributed by atoms with Gasteiger partial charge in [0.25, 0.3) is 0 Å². The topological polar surface area (TPSA) is 44.9 Å². The Labute approximate surface area is 93.9 Å². The van der Waals surface area contributed by atoms with Crippen LogP contribution in [0.2, 0.25) is 0 Å². The molecule has 0 unspecified atom stereocenters. The quantitative estimate of drug-likeness (QED) is 0.750. The van der Waals surface area contributed by atoms with Gasteiger partial charge in [0.05, 0.1) is 0 Å². The lowest BCUT2D eigenvalue weighted by atomic mass is 9.91. The molecule has 3 heteroatoms. The second-order valence-corrected chi connectivity index (χ2v) is 4.39. The van der Waals surface area contributed by atoms with Gasteiger partial charge >= 0.3 is 0 Å². The van der Waals surface area contributed by atoms with E-state index in [1.54, 1.807) is 0 Å². The Kier molecular flexibility index (Phi) is 2.07. The number of Topliss-reactive ketones (excluding diaryl/α,β-unsaturated/α-hetero) is 1. The minimum absolute atomic E-state index is 0.165. The molecule has 3 nitrogen and oxygen atoms in total. The fourth-order valence-electron chi connectivity index (χ4n) is 2.27. The maximum Gasteiger partial charge on any atom is 0.170 e. The molecule has 3 rings (SSSR count). The summed E-state index contributed by atoms with van der Waals surface area (Å²) in [6.07, 6.45) is 0. The summed E-state index contributed by atoms with van der Waals surface area (Å²) in [5.41, 5.74) is 2.91. The molecule has 0 atom stereocenters. The zero-order valence-electron chi connectivity index (χ0n) is 9.21. The molecule has 2 heterocycles. The van der Waals surface area contributed by atoms with E-state index in [-0.39, 0.29) is 11.7 Å². The number of aromatic nitrogens is 1. The summed E-state index contributed by atoms with van der Waals surface area (Å²) < 4.78 is 0. The molecule has 0 bridgehead atoms. The molecule has 0 saturated carbocycles. The molecule has 1 aromatic heterocycles. The molecular weight excluding hydrogens is 200 g/mol. The third-order valence-electron chi connectivity index (χ3n) is 3.29. The lowest BCUT2D eigenvalue weighted by Crippen LogP contribution is -2.46. The first-order valence-corrected chi connectivity index (χ1v) is 5.59. The zero-order valence-corrected chi connectivity index (χ0v) is 9.21. The summed E-state index contributed by atoms with van der Waals surface area (Å²) in [5, 5.41) is 4.19. The number of carbonyl (C=O) groups is 1. The maximum atomic E-state index is 12.3. The monoisotopic (exact) mass is 214 g/mol. The van der Waals surface area contributed by atoms with Gasteiger partial charge in [-0.15, -0.1) is 0 Å². The molecule has 0 aliphatic carbocycles. The van der Waals surface area contributed by atoms with Crippen molar-refractivity contribution < 1.29 is 4.79 Å². The Bertz CT molecular complexity index is 552. The number of aryl methyl sites for hydroxylation is 1. The molecule has 0 spiro atoms. The van der Waals surface area contributed by atoms with Crippen LogP contribution >= 0.6 is 0 Å².